The van der Waals surface area contributed by atoms with E-state index in [1.807, 2.05) is 11.6 Å². The molecule has 0 spiro atoms. The molecule has 8 heteroatoms. The second-order valence-corrected chi connectivity index (χ2v) is 7.60. The van der Waals surface area contributed by atoms with Crippen LogP contribution in [0.1, 0.15) is 24.2 Å². The number of nitrogens with one attached hydrogen (secondary N) is 1. The van der Waals surface area contributed by atoms with E-state index in [4.69, 9.17) is 0 Å². The Balaban J connectivity index is 1.67. The van der Waals surface area contributed by atoms with Gasteiger partial charge in [-0.1, -0.05) is 11.8 Å². The first-order valence-electron chi connectivity index (χ1n) is 8.62. The first-order chi connectivity index (χ1) is 13.3. The lowest BCUT2D eigenvalue weighted by molar-refractivity contribution is -0.115. The number of anilines is 1. The van der Waals surface area contributed by atoms with E-state index in [1.54, 1.807) is 55.5 Å². The summed E-state index contributed by atoms with van der Waals surface area (Å²) in [4.78, 5) is 23.8. The van der Waals surface area contributed by atoms with Gasteiger partial charge in [0.15, 0.2) is 16.8 Å². The minimum absolute atomic E-state index is 0.0199. The summed E-state index contributed by atoms with van der Waals surface area (Å²) in [5.74, 6) is 0.639. The second kappa shape index (κ2) is 8.26. The number of Topliss-reactive ketones (excluding diaryl/α,β-unsaturated/α-hetero) is 1. The van der Waals surface area contributed by atoms with Crippen LogP contribution in [-0.2, 0) is 11.8 Å². The number of nitrogens with zero attached hydrogens (tertiary/aromatic N) is 3. The molecule has 0 aliphatic heterocycles. The maximum atomic E-state index is 12.5. The first-order valence-corrected chi connectivity index (χ1v) is 9.50. The molecule has 3 rings (SSSR count). The number of thioether (sulfide) groups is 1. The highest BCUT2D eigenvalue weighted by Gasteiger charge is 2.19. The number of ketones is 1. The van der Waals surface area contributed by atoms with Gasteiger partial charge < -0.3 is 15.0 Å². The Hall–Kier alpha value is -3.13. The van der Waals surface area contributed by atoms with E-state index in [0.29, 0.717) is 22.2 Å². The molecule has 28 heavy (non-hydrogen) atoms. The van der Waals surface area contributed by atoms with Crippen LogP contribution in [0.3, 0.4) is 0 Å². The maximum Gasteiger partial charge on any atom is 0.237 e. The average Bonchev–Trinajstić information content (AvgIpc) is 3.03. The number of amides is 1. The quantitative estimate of drug-likeness (QED) is 0.489. The van der Waals surface area contributed by atoms with E-state index in [9.17, 15) is 14.7 Å². The number of hydrogen-bond acceptors (Lipinski definition) is 6. The van der Waals surface area contributed by atoms with Crippen molar-refractivity contribution in [3.63, 3.8) is 0 Å². The summed E-state index contributed by atoms with van der Waals surface area (Å²) >= 11 is 1.30. The summed E-state index contributed by atoms with van der Waals surface area (Å²) in [5, 5.41) is 20.8. The Bertz CT molecular complexity index is 997. The minimum atomic E-state index is -0.400. The van der Waals surface area contributed by atoms with Crippen molar-refractivity contribution in [2.24, 2.45) is 7.05 Å². The fraction of sp³-hybridized carbons (Fsp3) is 0.200. The largest absolute Gasteiger partial charge is 0.508 e. The van der Waals surface area contributed by atoms with Crippen LogP contribution in [0.15, 0.2) is 53.7 Å². The van der Waals surface area contributed by atoms with E-state index < -0.39 is 5.25 Å². The van der Waals surface area contributed by atoms with Crippen LogP contribution in [-0.4, -0.2) is 36.8 Å². The molecule has 3 aromatic rings. The third-order valence-corrected chi connectivity index (χ3v) is 5.30. The van der Waals surface area contributed by atoms with Gasteiger partial charge in [-0.15, -0.1) is 10.2 Å². The standard InChI is InChI=1S/C20H20N4O3S/c1-12(25)14-4-8-16(9-5-14)21-19(27)13(2)28-20-23-22-18(24(20)3)15-6-10-17(26)11-7-15/h4-11,13,26H,1-3H3,(H,21,27)/t13-/m0/s1. The predicted octanol–water partition coefficient (Wildman–Crippen LogP) is 3.51. The number of aromatic hydroxyl groups is 1. The summed E-state index contributed by atoms with van der Waals surface area (Å²) in [5.41, 5.74) is 2.05. The summed E-state index contributed by atoms with van der Waals surface area (Å²) in [6, 6.07) is 13.5. The van der Waals surface area contributed by atoms with Gasteiger partial charge in [0.1, 0.15) is 5.75 Å². The number of carbonyl (C=O) groups is 2. The van der Waals surface area contributed by atoms with Gasteiger partial charge in [-0.25, -0.2) is 0 Å². The molecule has 0 radical (unpaired) electrons. The van der Waals surface area contributed by atoms with Gasteiger partial charge in [-0.3, -0.25) is 9.59 Å². The van der Waals surface area contributed by atoms with Crippen LogP contribution < -0.4 is 5.32 Å². The number of carbonyl (C=O) groups excluding carboxylic acids is 2. The molecule has 2 aromatic carbocycles. The van der Waals surface area contributed by atoms with Gasteiger partial charge in [0, 0.05) is 23.9 Å². The van der Waals surface area contributed by atoms with Gasteiger partial charge in [0.25, 0.3) is 0 Å². The maximum absolute atomic E-state index is 12.5. The van der Waals surface area contributed by atoms with Gasteiger partial charge in [-0.05, 0) is 62.4 Å². The normalized spacial score (nSPS) is 11.8. The topological polar surface area (TPSA) is 97.1 Å². The zero-order chi connectivity index (χ0) is 20.3. The number of rotatable bonds is 6. The summed E-state index contributed by atoms with van der Waals surface area (Å²) in [7, 11) is 1.83. The van der Waals surface area contributed by atoms with Gasteiger partial charge >= 0.3 is 0 Å². The monoisotopic (exact) mass is 396 g/mol. The van der Waals surface area contributed by atoms with Crippen molar-refractivity contribution in [3.05, 3.63) is 54.1 Å². The lowest BCUT2D eigenvalue weighted by Gasteiger charge is -2.12. The Labute approximate surface area is 166 Å². The van der Waals surface area contributed by atoms with Crippen molar-refractivity contribution in [3.8, 4) is 17.1 Å². The number of benzene rings is 2. The smallest absolute Gasteiger partial charge is 0.237 e. The van der Waals surface area contributed by atoms with Crippen LogP contribution in [0.25, 0.3) is 11.4 Å². The molecule has 144 valence electrons. The van der Waals surface area contributed by atoms with Crippen molar-refractivity contribution in [1.82, 2.24) is 14.8 Å². The molecule has 0 fully saturated rings. The molecule has 2 N–H and O–H groups in total. The van der Waals surface area contributed by atoms with Crippen LogP contribution in [0.4, 0.5) is 5.69 Å². The minimum Gasteiger partial charge on any atom is -0.508 e. The SMILES string of the molecule is CC(=O)c1ccc(NC(=O)[C@H](C)Sc2nnc(-c3ccc(O)cc3)n2C)cc1. The Morgan fingerprint density at radius 3 is 2.32 bits per heavy atom. The van der Waals surface area contributed by atoms with Crippen molar-refractivity contribution in [1.29, 1.82) is 0 Å². The third-order valence-electron chi connectivity index (χ3n) is 4.17. The molecule has 1 amide bonds. The van der Waals surface area contributed by atoms with Gasteiger partial charge in [0.2, 0.25) is 5.91 Å². The second-order valence-electron chi connectivity index (χ2n) is 6.29. The average molecular weight is 396 g/mol. The van der Waals surface area contributed by atoms with Gasteiger partial charge in [-0.2, -0.15) is 0 Å². The Morgan fingerprint density at radius 1 is 1.07 bits per heavy atom. The summed E-state index contributed by atoms with van der Waals surface area (Å²) < 4.78 is 1.81. The fourth-order valence-electron chi connectivity index (χ4n) is 2.52. The number of hydrogen-bond donors (Lipinski definition) is 2. The molecule has 7 nitrogen and oxygen atoms in total. The molecule has 0 unspecified atom stereocenters. The zero-order valence-corrected chi connectivity index (χ0v) is 16.5. The number of phenolic OH excluding ortho intramolecular Hbond substituents is 1. The molecule has 1 heterocycles. The molecule has 0 saturated carbocycles. The molecule has 0 bridgehead atoms. The van der Waals surface area contributed by atoms with Crippen LogP contribution >= 0.6 is 11.8 Å². The molecule has 0 aliphatic rings. The first kappa shape index (κ1) is 19.6. The molecule has 0 aliphatic carbocycles. The van der Waals surface area contributed by atoms with E-state index in [-0.39, 0.29) is 17.4 Å². The third kappa shape index (κ3) is 4.40. The molecule has 0 saturated heterocycles. The van der Waals surface area contributed by atoms with Crippen molar-refractivity contribution in [2.45, 2.75) is 24.3 Å². The Kier molecular flexibility index (Phi) is 5.79. The molecular weight excluding hydrogens is 376 g/mol. The van der Waals surface area contributed by atoms with Crippen molar-refractivity contribution >= 4 is 29.1 Å². The number of phenols is 1. The highest BCUT2D eigenvalue weighted by atomic mass is 32.2. The van der Waals surface area contributed by atoms with Crippen LogP contribution in [0.2, 0.25) is 0 Å². The lowest BCUT2D eigenvalue weighted by atomic mass is 10.1. The van der Waals surface area contributed by atoms with Crippen molar-refractivity contribution < 1.29 is 14.7 Å². The van der Waals surface area contributed by atoms with Crippen molar-refractivity contribution in [2.75, 3.05) is 5.32 Å². The fourth-order valence-corrected chi connectivity index (χ4v) is 3.34. The van der Waals surface area contributed by atoms with E-state index in [2.05, 4.69) is 15.5 Å². The predicted molar refractivity (Wildman–Crippen MR) is 108 cm³/mol. The van der Waals surface area contributed by atoms with Gasteiger partial charge in [0.05, 0.1) is 5.25 Å². The van der Waals surface area contributed by atoms with E-state index in [1.165, 1.54) is 18.7 Å². The summed E-state index contributed by atoms with van der Waals surface area (Å²) in [6.07, 6.45) is 0. The summed E-state index contributed by atoms with van der Waals surface area (Å²) in [6.45, 7) is 3.29. The van der Waals surface area contributed by atoms with Crippen LogP contribution in [0, 0.1) is 0 Å². The zero-order valence-electron chi connectivity index (χ0n) is 15.7. The molecule has 1 atom stereocenters. The highest BCUT2D eigenvalue weighted by Crippen LogP contribution is 2.27. The molecular formula is C20H20N4O3S. The molecule has 1 aromatic heterocycles. The lowest BCUT2D eigenvalue weighted by Crippen LogP contribution is -2.22. The Morgan fingerprint density at radius 2 is 1.71 bits per heavy atom. The van der Waals surface area contributed by atoms with Crippen LogP contribution in [0.5, 0.6) is 5.75 Å². The van der Waals surface area contributed by atoms with E-state index in [0.717, 1.165) is 5.56 Å². The highest BCUT2D eigenvalue weighted by molar-refractivity contribution is 8.00. The van der Waals surface area contributed by atoms with E-state index >= 15 is 0 Å². The number of aromatic nitrogens is 3.